The quantitative estimate of drug-likeness (QED) is 0.846. The lowest BCUT2D eigenvalue weighted by Crippen LogP contribution is -2.07. The van der Waals surface area contributed by atoms with Crippen LogP contribution >= 0.6 is 11.3 Å². The number of hydrogen-bond acceptors (Lipinski definition) is 4. The van der Waals surface area contributed by atoms with E-state index >= 15 is 0 Å². The van der Waals surface area contributed by atoms with Crippen molar-refractivity contribution in [2.45, 2.75) is 6.92 Å². The highest BCUT2D eigenvalue weighted by Gasteiger charge is 2.06. The Morgan fingerprint density at radius 2 is 2.29 bits per heavy atom. The molecule has 0 atom stereocenters. The third kappa shape index (κ3) is 2.98. The van der Waals surface area contributed by atoms with Crippen LogP contribution in [0.25, 0.3) is 11.4 Å². The average molecular weight is 245 g/mol. The van der Waals surface area contributed by atoms with Crippen LogP contribution in [0.1, 0.15) is 6.92 Å². The van der Waals surface area contributed by atoms with E-state index < -0.39 is 0 Å². The van der Waals surface area contributed by atoms with E-state index in [1.165, 1.54) is 17.4 Å². The number of pyridine rings is 1. The van der Waals surface area contributed by atoms with Gasteiger partial charge < -0.3 is 0 Å². The molecule has 0 unspecified atom stereocenters. The van der Waals surface area contributed by atoms with Crippen LogP contribution in [-0.4, -0.2) is 15.9 Å². The van der Waals surface area contributed by atoms with Crippen molar-refractivity contribution in [2.24, 2.45) is 0 Å². The zero-order chi connectivity index (χ0) is 12.1. The fraction of sp³-hybridized carbons (Fsp3) is 0.0833. The molecule has 0 aromatic carbocycles. The Morgan fingerprint density at radius 3 is 3.00 bits per heavy atom. The van der Waals surface area contributed by atoms with Crippen molar-refractivity contribution < 1.29 is 4.79 Å². The molecule has 0 radical (unpaired) electrons. The van der Waals surface area contributed by atoms with Crippen LogP contribution in [0.2, 0.25) is 0 Å². The van der Waals surface area contributed by atoms with Gasteiger partial charge in [0, 0.05) is 11.6 Å². The lowest BCUT2D eigenvalue weighted by atomic mass is 10.3. The number of amides is 1. The van der Waals surface area contributed by atoms with Gasteiger partial charge in [-0.2, -0.15) is 0 Å². The Balaban J connectivity index is 2.14. The van der Waals surface area contributed by atoms with Gasteiger partial charge in [0.05, 0.1) is 5.69 Å². The van der Waals surface area contributed by atoms with Gasteiger partial charge in [-0.25, -0.2) is 4.98 Å². The van der Waals surface area contributed by atoms with Gasteiger partial charge in [-0.3, -0.25) is 15.1 Å². The summed E-state index contributed by atoms with van der Waals surface area (Å²) in [5, 5.41) is 5.13. The van der Waals surface area contributed by atoms with Gasteiger partial charge in [-0.05, 0) is 25.1 Å². The molecule has 1 amide bonds. The highest BCUT2D eigenvalue weighted by atomic mass is 32.1. The normalized spacial score (nSPS) is 10.6. The first-order chi connectivity index (χ1) is 8.29. The second-order valence-electron chi connectivity index (χ2n) is 3.24. The highest BCUT2D eigenvalue weighted by Crippen LogP contribution is 2.22. The van der Waals surface area contributed by atoms with Crippen molar-refractivity contribution in [2.75, 3.05) is 5.32 Å². The molecular weight excluding hydrogens is 234 g/mol. The summed E-state index contributed by atoms with van der Waals surface area (Å²) in [7, 11) is 0. The SMILES string of the molecule is C/C=C/C(=O)Nc1nc(-c2ccccn2)cs1. The zero-order valence-corrected chi connectivity index (χ0v) is 10.1. The fourth-order valence-corrected chi connectivity index (χ4v) is 1.97. The van der Waals surface area contributed by atoms with Crippen molar-refractivity contribution in [3.05, 3.63) is 41.9 Å². The van der Waals surface area contributed by atoms with Crippen molar-refractivity contribution in [3.8, 4) is 11.4 Å². The largest absolute Gasteiger partial charge is 0.298 e. The van der Waals surface area contributed by atoms with Gasteiger partial charge in [0.1, 0.15) is 5.69 Å². The minimum Gasteiger partial charge on any atom is -0.298 e. The molecule has 0 aliphatic rings. The van der Waals surface area contributed by atoms with Crippen molar-refractivity contribution in [3.63, 3.8) is 0 Å². The van der Waals surface area contributed by atoms with E-state index in [0.29, 0.717) is 5.13 Å². The summed E-state index contributed by atoms with van der Waals surface area (Å²) in [6.07, 6.45) is 4.86. The van der Waals surface area contributed by atoms with Gasteiger partial charge in [0.25, 0.3) is 0 Å². The second kappa shape index (κ2) is 5.36. The first-order valence-corrected chi connectivity index (χ1v) is 5.98. The summed E-state index contributed by atoms with van der Waals surface area (Å²) in [4.78, 5) is 19.8. The standard InChI is InChI=1S/C12H11N3OS/c1-2-5-11(16)15-12-14-10(8-17-12)9-6-3-4-7-13-9/h2-8H,1H3,(H,14,15,16)/b5-2+. The van der Waals surface area contributed by atoms with Crippen LogP contribution in [0.3, 0.4) is 0 Å². The van der Waals surface area contributed by atoms with Crippen LogP contribution < -0.4 is 5.32 Å². The fourth-order valence-electron chi connectivity index (χ4n) is 1.26. The summed E-state index contributed by atoms with van der Waals surface area (Å²) in [6, 6.07) is 5.64. The van der Waals surface area contributed by atoms with Crippen LogP contribution in [0.5, 0.6) is 0 Å². The molecule has 2 rings (SSSR count). The number of rotatable bonds is 3. The van der Waals surface area contributed by atoms with E-state index in [4.69, 9.17) is 0 Å². The first-order valence-electron chi connectivity index (χ1n) is 5.10. The molecule has 0 aliphatic heterocycles. The minimum atomic E-state index is -0.172. The molecule has 5 heteroatoms. The summed E-state index contributed by atoms with van der Waals surface area (Å²) >= 11 is 1.38. The predicted octanol–water partition coefficient (Wildman–Crippen LogP) is 2.72. The first kappa shape index (κ1) is 11.5. The molecule has 2 aromatic rings. The average Bonchev–Trinajstić information content (AvgIpc) is 2.79. The van der Waals surface area contributed by atoms with E-state index in [-0.39, 0.29) is 5.91 Å². The third-order valence-electron chi connectivity index (χ3n) is 1.98. The van der Waals surface area contributed by atoms with Gasteiger partial charge in [0.2, 0.25) is 5.91 Å². The van der Waals surface area contributed by atoms with E-state index in [1.54, 1.807) is 19.2 Å². The maximum absolute atomic E-state index is 11.3. The maximum atomic E-state index is 11.3. The number of anilines is 1. The van der Waals surface area contributed by atoms with Gasteiger partial charge in [0.15, 0.2) is 5.13 Å². The smallest absolute Gasteiger partial charge is 0.249 e. The molecule has 4 nitrogen and oxygen atoms in total. The van der Waals surface area contributed by atoms with Crippen LogP contribution in [0.4, 0.5) is 5.13 Å². The van der Waals surface area contributed by atoms with E-state index in [0.717, 1.165) is 11.4 Å². The minimum absolute atomic E-state index is 0.172. The number of carbonyl (C=O) groups is 1. The van der Waals surface area contributed by atoms with Crippen molar-refractivity contribution in [1.82, 2.24) is 9.97 Å². The maximum Gasteiger partial charge on any atom is 0.249 e. The molecular formula is C12H11N3OS. The number of aromatic nitrogens is 2. The van der Waals surface area contributed by atoms with E-state index in [1.807, 2.05) is 23.6 Å². The van der Waals surface area contributed by atoms with E-state index in [9.17, 15) is 4.79 Å². The lowest BCUT2D eigenvalue weighted by molar-refractivity contribution is -0.111. The molecule has 0 bridgehead atoms. The van der Waals surface area contributed by atoms with Crippen LogP contribution in [0.15, 0.2) is 41.9 Å². The van der Waals surface area contributed by atoms with Crippen LogP contribution in [0, 0.1) is 0 Å². The molecule has 2 heterocycles. The Bertz CT molecular complexity index is 534. The molecule has 0 saturated heterocycles. The van der Waals surface area contributed by atoms with E-state index in [2.05, 4.69) is 15.3 Å². The number of nitrogens with one attached hydrogen (secondary N) is 1. The molecule has 86 valence electrons. The van der Waals surface area contributed by atoms with Crippen molar-refractivity contribution >= 4 is 22.4 Å². The lowest BCUT2D eigenvalue weighted by Gasteiger charge is -1.95. The zero-order valence-electron chi connectivity index (χ0n) is 9.25. The number of thiazole rings is 1. The summed E-state index contributed by atoms with van der Waals surface area (Å²) in [6.45, 7) is 1.79. The molecule has 17 heavy (non-hydrogen) atoms. The second-order valence-corrected chi connectivity index (χ2v) is 4.10. The molecule has 2 aromatic heterocycles. The van der Waals surface area contributed by atoms with Gasteiger partial charge in [-0.1, -0.05) is 12.1 Å². The number of hydrogen-bond donors (Lipinski definition) is 1. The Kier molecular flexibility index (Phi) is 3.62. The Labute approximate surface area is 103 Å². The summed E-state index contributed by atoms with van der Waals surface area (Å²) in [5.41, 5.74) is 1.57. The Hall–Kier alpha value is -2.01. The summed E-state index contributed by atoms with van der Waals surface area (Å²) < 4.78 is 0. The van der Waals surface area contributed by atoms with Gasteiger partial charge >= 0.3 is 0 Å². The molecule has 1 N–H and O–H groups in total. The topological polar surface area (TPSA) is 54.9 Å². The molecule has 0 fully saturated rings. The molecule has 0 saturated carbocycles. The number of nitrogens with zero attached hydrogens (tertiary/aromatic N) is 2. The summed E-state index contributed by atoms with van der Waals surface area (Å²) in [5.74, 6) is -0.172. The Morgan fingerprint density at radius 1 is 1.41 bits per heavy atom. The monoisotopic (exact) mass is 245 g/mol. The van der Waals surface area contributed by atoms with Crippen molar-refractivity contribution in [1.29, 1.82) is 0 Å². The number of allylic oxidation sites excluding steroid dienone is 1. The molecule has 0 spiro atoms. The number of carbonyl (C=O) groups excluding carboxylic acids is 1. The molecule has 0 aliphatic carbocycles. The third-order valence-corrected chi connectivity index (χ3v) is 2.74. The highest BCUT2D eigenvalue weighted by molar-refractivity contribution is 7.14. The van der Waals surface area contributed by atoms with Crippen LogP contribution in [-0.2, 0) is 4.79 Å². The van der Waals surface area contributed by atoms with Gasteiger partial charge in [-0.15, -0.1) is 11.3 Å². The predicted molar refractivity (Wildman–Crippen MR) is 68.8 cm³/mol.